The third-order valence-corrected chi connectivity index (χ3v) is 4.58. The highest BCUT2D eigenvalue weighted by atomic mass is 32.2. The fraction of sp³-hybridized carbons (Fsp3) is 0.231. The van der Waals surface area contributed by atoms with Crippen molar-refractivity contribution in [2.24, 2.45) is 0 Å². The van der Waals surface area contributed by atoms with Gasteiger partial charge in [0.25, 0.3) is 0 Å². The zero-order valence-electron chi connectivity index (χ0n) is 12.2. The highest BCUT2D eigenvalue weighted by Gasteiger charge is 2.50. The highest BCUT2D eigenvalue weighted by Crippen LogP contribution is 2.34. The lowest BCUT2D eigenvalue weighted by molar-refractivity contribution is -0.0445. The summed E-state index contributed by atoms with van der Waals surface area (Å²) in [6.45, 7) is 0. The smallest absolute Gasteiger partial charge is 0.465 e. The molecule has 0 unspecified atom stereocenters. The van der Waals surface area contributed by atoms with Crippen molar-refractivity contribution in [3.63, 3.8) is 0 Å². The average molecular weight is 365 g/mol. The summed E-state index contributed by atoms with van der Waals surface area (Å²) in [5, 5.41) is -0.197. The first-order valence-electron chi connectivity index (χ1n) is 6.19. The Hall–Kier alpha value is -2.56. The summed E-state index contributed by atoms with van der Waals surface area (Å²) in [7, 11) is -4.22. The number of aromatic nitrogens is 1. The van der Waals surface area contributed by atoms with Crippen molar-refractivity contribution in [1.29, 1.82) is 0 Å². The van der Waals surface area contributed by atoms with Crippen LogP contribution in [0.1, 0.15) is 20.8 Å². The number of benzene rings is 1. The number of halogens is 3. The first kappa shape index (κ1) is 17.8. The van der Waals surface area contributed by atoms with Crippen LogP contribution in [-0.2, 0) is 19.5 Å². The molecule has 2 rings (SSSR count). The number of ether oxygens (including phenoxy) is 2. The molecule has 1 aromatic carbocycles. The fourth-order valence-corrected chi connectivity index (χ4v) is 3.19. The summed E-state index contributed by atoms with van der Waals surface area (Å²) < 4.78 is 71.4. The molecule has 7 nitrogen and oxygen atoms in total. The lowest BCUT2D eigenvalue weighted by Crippen LogP contribution is -2.32. The van der Waals surface area contributed by atoms with Gasteiger partial charge in [0, 0.05) is 5.39 Å². The number of fused-ring (bicyclic) bond motifs is 1. The molecule has 0 bridgehead atoms. The number of methoxy groups -OCH3 is 2. The SMILES string of the molecule is COC(=O)c1c(C(=O)OC)n(S(=O)(=O)C(F)(F)F)c2ccccc12. The summed E-state index contributed by atoms with van der Waals surface area (Å²) in [5.41, 5.74) is -7.92. The number of hydrogen-bond donors (Lipinski definition) is 0. The van der Waals surface area contributed by atoms with Crippen LogP contribution in [0.5, 0.6) is 0 Å². The zero-order valence-corrected chi connectivity index (χ0v) is 13.1. The van der Waals surface area contributed by atoms with Crippen LogP contribution in [0.2, 0.25) is 0 Å². The standard InChI is InChI=1S/C13H10F3NO6S/c1-22-11(18)9-7-5-3-4-6-8(7)17(10(9)12(19)23-2)24(20,21)13(14,15)16/h3-6H,1-2H3. The van der Waals surface area contributed by atoms with Crippen LogP contribution in [0.3, 0.4) is 0 Å². The highest BCUT2D eigenvalue weighted by molar-refractivity contribution is 7.91. The summed E-state index contributed by atoms with van der Waals surface area (Å²) in [5.74, 6) is -2.61. The van der Waals surface area contributed by atoms with Gasteiger partial charge in [-0.05, 0) is 6.07 Å². The van der Waals surface area contributed by atoms with Crippen LogP contribution in [0.15, 0.2) is 24.3 Å². The van der Waals surface area contributed by atoms with Gasteiger partial charge in [-0.15, -0.1) is 0 Å². The molecule has 0 N–H and O–H groups in total. The van der Waals surface area contributed by atoms with E-state index in [9.17, 15) is 31.2 Å². The van der Waals surface area contributed by atoms with Crippen molar-refractivity contribution >= 4 is 32.9 Å². The Morgan fingerprint density at radius 3 is 2.08 bits per heavy atom. The molecule has 24 heavy (non-hydrogen) atoms. The normalized spacial score (nSPS) is 12.2. The number of para-hydroxylation sites is 1. The summed E-state index contributed by atoms with van der Waals surface area (Å²) >= 11 is 0. The summed E-state index contributed by atoms with van der Waals surface area (Å²) in [6.07, 6.45) is 0. The van der Waals surface area contributed by atoms with Gasteiger partial charge in [0.1, 0.15) is 5.56 Å². The van der Waals surface area contributed by atoms with E-state index in [1.807, 2.05) is 0 Å². The third kappa shape index (κ3) is 2.50. The van der Waals surface area contributed by atoms with Crippen LogP contribution in [0.4, 0.5) is 13.2 Å². The minimum absolute atomic E-state index is 0.197. The van der Waals surface area contributed by atoms with Gasteiger partial charge in [0.15, 0.2) is 5.69 Å². The van der Waals surface area contributed by atoms with Gasteiger partial charge in [-0.25, -0.2) is 13.6 Å². The van der Waals surface area contributed by atoms with E-state index in [-0.39, 0.29) is 9.36 Å². The summed E-state index contributed by atoms with van der Waals surface area (Å²) in [6, 6.07) is 4.83. The predicted octanol–water partition coefficient (Wildman–Crippen LogP) is 1.91. The Kier molecular flexibility index (Phi) is 4.31. The molecule has 0 aliphatic rings. The Morgan fingerprint density at radius 2 is 1.58 bits per heavy atom. The minimum atomic E-state index is -6.00. The molecule has 0 aliphatic carbocycles. The molecule has 1 heterocycles. The molecular weight excluding hydrogens is 355 g/mol. The van der Waals surface area contributed by atoms with E-state index in [4.69, 9.17) is 0 Å². The number of carbonyl (C=O) groups is 2. The molecule has 0 fully saturated rings. The van der Waals surface area contributed by atoms with Crippen LogP contribution >= 0.6 is 0 Å². The number of carbonyl (C=O) groups excluding carboxylic acids is 2. The largest absolute Gasteiger partial charge is 0.517 e. The predicted molar refractivity (Wildman–Crippen MR) is 75.0 cm³/mol. The van der Waals surface area contributed by atoms with Gasteiger partial charge in [-0.1, -0.05) is 18.2 Å². The van der Waals surface area contributed by atoms with Gasteiger partial charge >= 0.3 is 27.5 Å². The zero-order chi connectivity index (χ0) is 18.3. The maximum Gasteiger partial charge on any atom is 0.517 e. The first-order valence-corrected chi connectivity index (χ1v) is 7.63. The van der Waals surface area contributed by atoms with Gasteiger partial charge in [-0.3, -0.25) is 0 Å². The second-order valence-electron chi connectivity index (χ2n) is 4.44. The number of nitrogens with zero attached hydrogens (tertiary/aromatic N) is 1. The van der Waals surface area contributed by atoms with E-state index in [2.05, 4.69) is 9.47 Å². The maximum atomic E-state index is 13.0. The van der Waals surface area contributed by atoms with E-state index in [0.29, 0.717) is 0 Å². The molecule has 0 atom stereocenters. The van der Waals surface area contributed by atoms with Crippen molar-refractivity contribution in [3.05, 3.63) is 35.5 Å². The molecule has 130 valence electrons. The van der Waals surface area contributed by atoms with E-state index >= 15 is 0 Å². The van der Waals surface area contributed by atoms with Crippen molar-refractivity contribution in [3.8, 4) is 0 Å². The van der Waals surface area contributed by atoms with Gasteiger partial charge < -0.3 is 9.47 Å². The lowest BCUT2D eigenvalue weighted by Gasteiger charge is -2.13. The number of rotatable bonds is 3. The van der Waals surface area contributed by atoms with Gasteiger partial charge in [0.05, 0.1) is 19.7 Å². The topological polar surface area (TPSA) is 91.7 Å². The van der Waals surface area contributed by atoms with Gasteiger partial charge in [0.2, 0.25) is 0 Å². The quantitative estimate of drug-likeness (QED) is 0.772. The van der Waals surface area contributed by atoms with E-state index in [0.717, 1.165) is 20.3 Å². The molecule has 0 radical (unpaired) electrons. The Labute approximate surface area is 133 Å². The second kappa shape index (κ2) is 5.82. The van der Waals surface area contributed by atoms with Gasteiger partial charge in [-0.2, -0.15) is 21.6 Å². The van der Waals surface area contributed by atoms with Crippen LogP contribution in [-0.4, -0.2) is 44.1 Å². The fourth-order valence-electron chi connectivity index (χ4n) is 2.16. The molecular formula is C13H10F3NO6S. The molecule has 0 saturated heterocycles. The van der Waals surface area contributed by atoms with E-state index in [1.54, 1.807) is 0 Å². The molecule has 0 aliphatic heterocycles. The average Bonchev–Trinajstić information content (AvgIpc) is 2.87. The Balaban J connectivity index is 3.10. The van der Waals surface area contributed by atoms with E-state index < -0.39 is 44.2 Å². The Bertz CT molecular complexity index is 929. The molecule has 0 amide bonds. The van der Waals surface area contributed by atoms with Crippen molar-refractivity contribution in [2.45, 2.75) is 5.51 Å². The Morgan fingerprint density at radius 1 is 1.04 bits per heavy atom. The summed E-state index contributed by atoms with van der Waals surface area (Å²) in [4.78, 5) is 23.9. The van der Waals surface area contributed by atoms with E-state index in [1.165, 1.54) is 18.2 Å². The molecule has 0 saturated carbocycles. The monoisotopic (exact) mass is 365 g/mol. The molecule has 11 heteroatoms. The van der Waals surface area contributed by atoms with Crippen molar-refractivity contribution in [1.82, 2.24) is 3.97 Å². The molecule has 1 aromatic heterocycles. The molecule has 0 spiro atoms. The van der Waals surface area contributed by atoms with Crippen molar-refractivity contribution in [2.75, 3.05) is 14.2 Å². The first-order chi connectivity index (χ1) is 11.1. The number of alkyl halides is 3. The van der Waals surface area contributed by atoms with Crippen LogP contribution in [0, 0.1) is 0 Å². The van der Waals surface area contributed by atoms with Crippen LogP contribution in [0.25, 0.3) is 10.9 Å². The van der Waals surface area contributed by atoms with Crippen molar-refractivity contribution < 1.29 is 40.7 Å². The lowest BCUT2D eigenvalue weighted by atomic mass is 10.1. The maximum absolute atomic E-state index is 13.0. The number of esters is 2. The molecule has 2 aromatic rings. The third-order valence-electron chi connectivity index (χ3n) is 3.13. The van der Waals surface area contributed by atoms with Crippen LogP contribution < -0.4 is 0 Å². The minimum Gasteiger partial charge on any atom is -0.465 e. The second-order valence-corrected chi connectivity index (χ2v) is 6.22. The number of hydrogen-bond acceptors (Lipinski definition) is 6.